The second-order valence-electron chi connectivity index (χ2n) is 6.18. The number of alkyl halides is 3. The highest BCUT2D eigenvalue weighted by Gasteiger charge is 2.48. The number of amides is 2. The van der Waals surface area contributed by atoms with Crippen molar-refractivity contribution in [3.8, 4) is 0 Å². The summed E-state index contributed by atoms with van der Waals surface area (Å²) in [5, 5.41) is 5.05. The average molecular weight is 362 g/mol. The highest BCUT2D eigenvalue weighted by Crippen LogP contribution is 2.41. The third-order valence-electron chi connectivity index (χ3n) is 4.26. The molecule has 2 N–H and O–H groups in total. The van der Waals surface area contributed by atoms with E-state index in [9.17, 15) is 22.8 Å². The van der Waals surface area contributed by atoms with E-state index in [1.807, 2.05) is 30.3 Å². The predicted molar refractivity (Wildman–Crippen MR) is 90.0 cm³/mol. The summed E-state index contributed by atoms with van der Waals surface area (Å²) in [6, 6.07) is 14.1. The first kappa shape index (κ1) is 18.0. The molecule has 0 spiro atoms. The highest BCUT2D eigenvalue weighted by atomic mass is 19.4. The predicted octanol–water partition coefficient (Wildman–Crippen LogP) is 3.60. The van der Waals surface area contributed by atoms with Crippen molar-refractivity contribution in [2.75, 3.05) is 5.32 Å². The third-order valence-corrected chi connectivity index (χ3v) is 4.26. The molecule has 1 fully saturated rings. The fourth-order valence-corrected chi connectivity index (χ4v) is 2.76. The smallest absolute Gasteiger partial charge is 0.352 e. The lowest BCUT2D eigenvalue weighted by molar-refractivity contribution is -0.137. The number of hydrogen-bond donors (Lipinski definition) is 2. The van der Waals surface area contributed by atoms with Gasteiger partial charge in [0.25, 0.3) is 0 Å². The van der Waals surface area contributed by atoms with Crippen LogP contribution in [0.15, 0.2) is 54.6 Å². The van der Waals surface area contributed by atoms with Crippen molar-refractivity contribution in [1.29, 1.82) is 0 Å². The summed E-state index contributed by atoms with van der Waals surface area (Å²) in [7, 11) is 0. The normalized spacial score (nSPS) is 18.9. The molecular weight excluding hydrogens is 345 g/mol. The summed E-state index contributed by atoms with van der Waals surface area (Å²) in [4.78, 5) is 24.3. The summed E-state index contributed by atoms with van der Waals surface area (Å²) in [5.74, 6) is -1.94. The molecule has 0 heterocycles. The fourth-order valence-electron chi connectivity index (χ4n) is 2.76. The summed E-state index contributed by atoms with van der Waals surface area (Å²) >= 11 is 0. The topological polar surface area (TPSA) is 58.2 Å². The number of carbonyl (C=O) groups is 2. The highest BCUT2D eigenvalue weighted by molar-refractivity contribution is 6.00. The lowest BCUT2D eigenvalue weighted by Gasteiger charge is -2.13. The maximum atomic E-state index is 13.0. The Kier molecular flexibility index (Phi) is 4.97. The van der Waals surface area contributed by atoms with Crippen LogP contribution >= 0.6 is 0 Å². The van der Waals surface area contributed by atoms with Crippen LogP contribution in [0.4, 0.5) is 18.9 Å². The van der Waals surface area contributed by atoms with Gasteiger partial charge in [-0.25, -0.2) is 0 Å². The van der Waals surface area contributed by atoms with Crippen molar-refractivity contribution in [2.45, 2.75) is 19.1 Å². The lowest BCUT2D eigenvalue weighted by atomic mass is 10.1. The average Bonchev–Trinajstić information content (AvgIpc) is 3.41. The zero-order chi connectivity index (χ0) is 18.7. The van der Waals surface area contributed by atoms with E-state index in [0.29, 0.717) is 13.0 Å². The largest absolute Gasteiger partial charge is 0.418 e. The van der Waals surface area contributed by atoms with Crippen molar-refractivity contribution in [3.63, 3.8) is 0 Å². The van der Waals surface area contributed by atoms with Crippen molar-refractivity contribution in [2.24, 2.45) is 11.8 Å². The first-order chi connectivity index (χ1) is 12.4. The Morgan fingerprint density at radius 3 is 2.23 bits per heavy atom. The molecule has 3 rings (SSSR count). The number of halogens is 3. The van der Waals surface area contributed by atoms with Gasteiger partial charge < -0.3 is 10.6 Å². The van der Waals surface area contributed by atoms with Crippen LogP contribution in [-0.2, 0) is 22.3 Å². The molecule has 0 radical (unpaired) electrons. The molecule has 1 aliphatic carbocycles. The van der Waals surface area contributed by atoms with Gasteiger partial charge in [-0.2, -0.15) is 13.2 Å². The molecule has 26 heavy (non-hydrogen) atoms. The number of rotatable bonds is 5. The van der Waals surface area contributed by atoms with Crippen LogP contribution in [0.25, 0.3) is 0 Å². The van der Waals surface area contributed by atoms with Crippen molar-refractivity contribution < 1.29 is 22.8 Å². The van der Waals surface area contributed by atoms with Gasteiger partial charge in [0, 0.05) is 6.54 Å². The van der Waals surface area contributed by atoms with E-state index in [1.165, 1.54) is 18.2 Å². The summed E-state index contributed by atoms with van der Waals surface area (Å²) in [5.41, 5.74) is -0.263. The van der Waals surface area contributed by atoms with Crippen molar-refractivity contribution >= 4 is 17.5 Å². The summed E-state index contributed by atoms with van der Waals surface area (Å²) < 4.78 is 38.9. The molecule has 2 atom stereocenters. The van der Waals surface area contributed by atoms with Gasteiger partial charge in [0.15, 0.2) is 0 Å². The van der Waals surface area contributed by atoms with Crippen LogP contribution in [0, 0.1) is 11.8 Å². The van der Waals surface area contributed by atoms with Gasteiger partial charge in [-0.05, 0) is 24.1 Å². The minimum atomic E-state index is -4.56. The maximum Gasteiger partial charge on any atom is 0.418 e. The Hall–Kier alpha value is -2.83. The number of nitrogens with one attached hydrogen (secondary N) is 2. The van der Waals surface area contributed by atoms with Gasteiger partial charge in [0.2, 0.25) is 11.8 Å². The second kappa shape index (κ2) is 7.19. The molecule has 1 aliphatic rings. The monoisotopic (exact) mass is 362 g/mol. The standard InChI is InChI=1S/C19H17F3N2O2/c20-19(21,22)15-8-4-5-9-16(15)24-18(26)14-10-13(14)17(25)23-11-12-6-2-1-3-7-12/h1-9,13-14H,10-11H2,(H,23,25)(H,24,26). The van der Waals surface area contributed by atoms with E-state index in [2.05, 4.69) is 10.6 Å². The van der Waals surface area contributed by atoms with Gasteiger partial charge in [0.1, 0.15) is 0 Å². The van der Waals surface area contributed by atoms with Crippen LogP contribution in [-0.4, -0.2) is 11.8 Å². The zero-order valence-corrected chi connectivity index (χ0v) is 13.7. The molecule has 0 bridgehead atoms. The Morgan fingerprint density at radius 1 is 0.923 bits per heavy atom. The molecule has 2 aromatic rings. The number of anilines is 1. The van der Waals surface area contributed by atoms with Crippen LogP contribution < -0.4 is 10.6 Å². The molecule has 136 valence electrons. The number of carbonyl (C=O) groups excluding carboxylic acids is 2. The van der Waals surface area contributed by atoms with Crippen molar-refractivity contribution in [3.05, 3.63) is 65.7 Å². The molecular formula is C19H17F3N2O2. The first-order valence-corrected chi connectivity index (χ1v) is 8.15. The molecule has 2 unspecified atom stereocenters. The summed E-state index contributed by atoms with van der Waals surface area (Å²) in [6.45, 7) is 0.349. The molecule has 1 saturated carbocycles. The van der Waals surface area contributed by atoms with Gasteiger partial charge in [0.05, 0.1) is 23.1 Å². The Morgan fingerprint density at radius 2 is 1.54 bits per heavy atom. The molecule has 2 aromatic carbocycles. The number of para-hydroxylation sites is 1. The minimum absolute atomic E-state index is 0.266. The quantitative estimate of drug-likeness (QED) is 0.854. The summed E-state index contributed by atoms with van der Waals surface area (Å²) in [6.07, 6.45) is -4.22. The van der Waals surface area contributed by atoms with Crippen LogP contribution in [0.1, 0.15) is 17.5 Å². The van der Waals surface area contributed by atoms with Crippen LogP contribution in [0.3, 0.4) is 0 Å². The van der Waals surface area contributed by atoms with Gasteiger partial charge in [-0.3, -0.25) is 9.59 Å². The van der Waals surface area contributed by atoms with E-state index >= 15 is 0 Å². The van der Waals surface area contributed by atoms with Crippen LogP contribution in [0.5, 0.6) is 0 Å². The Labute approximate surface area is 148 Å². The second-order valence-corrected chi connectivity index (χ2v) is 6.18. The number of hydrogen-bond acceptors (Lipinski definition) is 2. The van der Waals surface area contributed by atoms with Crippen LogP contribution in [0.2, 0.25) is 0 Å². The minimum Gasteiger partial charge on any atom is -0.352 e. The fraction of sp³-hybridized carbons (Fsp3) is 0.263. The maximum absolute atomic E-state index is 13.0. The van der Waals surface area contributed by atoms with E-state index in [1.54, 1.807) is 0 Å². The van der Waals surface area contributed by atoms with E-state index in [0.717, 1.165) is 11.6 Å². The van der Waals surface area contributed by atoms with E-state index < -0.39 is 29.5 Å². The SMILES string of the molecule is O=C(NCc1ccccc1)C1CC1C(=O)Nc1ccccc1C(F)(F)F. The Bertz CT molecular complexity index is 806. The van der Waals surface area contributed by atoms with Gasteiger partial charge in [-0.1, -0.05) is 42.5 Å². The molecule has 0 saturated heterocycles. The van der Waals surface area contributed by atoms with Gasteiger partial charge >= 0.3 is 6.18 Å². The van der Waals surface area contributed by atoms with E-state index in [4.69, 9.17) is 0 Å². The van der Waals surface area contributed by atoms with E-state index in [-0.39, 0.29) is 11.6 Å². The van der Waals surface area contributed by atoms with Gasteiger partial charge in [-0.15, -0.1) is 0 Å². The number of benzene rings is 2. The third kappa shape index (κ3) is 4.22. The molecule has 4 nitrogen and oxygen atoms in total. The molecule has 0 aromatic heterocycles. The lowest BCUT2D eigenvalue weighted by Crippen LogP contribution is -2.27. The zero-order valence-electron chi connectivity index (χ0n) is 13.7. The molecule has 7 heteroatoms. The molecule has 2 amide bonds. The Balaban J connectivity index is 1.56. The first-order valence-electron chi connectivity index (χ1n) is 8.15. The van der Waals surface area contributed by atoms with Crippen molar-refractivity contribution in [1.82, 2.24) is 5.32 Å². The molecule has 0 aliphatic heterocycles.